The smallest absolute Gasteiger partial charge is 0.201 e. The number of fused-ring (bicyclic) bond motifs is 1. The number of nitrogens with zero attached hydrogens (tertiary/aromatic N) is 3. The van der Waals surface area contributed by atoms with Gasteiger partial charge >= 0.3 is 0 Å². The van der Waals surface area contributed by atoms with Crippen LogP contribution in [-0.4, -0.2) is 16.5 Å². The first-order chi connectivity index (χ1) is 12.1. The van der Waals surface area contributed by atoms with Crippen LogP contribution in [-0.2, 0) is 0 Å². The zero-order chi connectivity index (χ0) is 17.8. The molecule has 0 atom stereocenters. The van der Waals surface area contributed by atoms with Crippen LogP contribution in [0.1, 0.15) is 0 Å². The Kier molecular flexibility index (Phi) is 5.19. The van der Waals surface area contributed by atoms with Crippen LogP contribution in [0.5, 0.6) is 0 Å². The number of para-hydroxylation sites is 1. The highest BCUT2D eigenvalue weighted by molar-refractivity contribution is 8.01. The Bertz CT molecular complexity index is 988. The summed E-state index contributed by atoms with van der Waals surface area (Å²) >= 11 is 9.11. The van der Waals surface area contributed by atoms with Crippen LogP contribution in [0.2, 0.25) is 5.02 Å². The number of thiazole rings is 1. The summed E-state index contributed by atoms with van der Waals surface area (Å²) in [6.07, 6.45) is 0. The number of rotatable bonds is 5. The van der Waals surface area contributed by atoms with Gasteiger partial charge in [-0.05, 0) is 30.3 Å². The second kappa shape index (κ2) is 7.53. The SMILES string of the molecule is N#C/C(=N\Nc1cc(Cl)ccc1Sc1nc2ccccc2s1)C(=N)N. The van der Waals surface area contributed by atoms with Gasteiger partial charge in [-0.2, -0.15) is 10.4 Å². The monoisotopic (exact) mass is 386 g/mol. The van der Waals surface area contributed by atoms with Crippen molar-refractivity contribution in [3.8, 4) is 6.07 Å². The third-order valence-corrected chi connectivity index (χ3v) is 5.47. The molecule has 0 fully saturated rings. The molecule has 0 aliphatic heterocycles. The largest absolute Gasteiger partial charge is 0.382 e. The minimum absolute atomic E-state index is 0.198. The summed E-state index contributed by atoms with van der Waals surface area (Å²) in [7, 11) is 0. The molecule has 2 aromatic carbocycles. The molecule has 3 rings (SSSR count). The number of anilines is 1. The van der Waals surface area contributed by atoms with E-state index >= 15 is 0 Å². The average Bonchev–Trinajstić information content (AvgIpc) is 2.99. The number of aromatic nitrogens is 1. The summed E-state index contributed by atoms with van der Waals surface area (Å²) in [6.45, 7) is 0. The van der Waals surface area contributed by atoms with Crippen molar-refractivity contribution < 1.29 is 0 Å². The highest BCUT2D eigenvalue weighted by Gasteiger charge is 2.10. The predicted octanol–water partition coefficient (Wildman–Crippen LogP) is 4.33. The molecule has 0 saturated heterocycles. The molecule has 0 aliphatic rings. The lowest BCUT2D eigenvalue weighted by Gasteiger charge is -2.08. The number of halogens is 1. The van der Waals surface area contributed by atoms with Crippen LogP contribution in [0.3, 0.4) is 0 Å². The Balaban J connectivity index is 1.91. The normalized spacial score (nSPS) is 11.3. The first kappa shape index (κ1) is 17.2. The zero-order valence-electron chi connectivity index (χ0n) is 12.7. The number of amidine groups is 1. The van der Waals surface area contributed by atoms with Gasteiger partial charge in [0.05, 0.1) is 15.9 Å². The molecule has 0 bridgehead atoms. The van der Waals surface area contributed by atoms with Gasteiger partial charge in [-0.1, -0.05) is 35.5 Å². The van der Waals surface area contributed by atoms with Gasteiger partial charge in [0, 0.05) is 9.92 Å². The van der Waals surface area contributed by atoms with E-state index < -0.39 is 5.84 Å². The molecule has 25 heavy (non-hydrogen) atoms. The van der Waals surface area contributed by atoms with Crippen molar-refractivity contribution in [3.05, 3.63) is 47.5 Å². The number of nitrogens with one attached hydrogen (secondary N) is 2. The number of hydrazone groups is 1. The molecule has 6 nitrogen and oxygen atoms in total. The van der Waals surface area contributed by atoms with Gasteiger partial charge in [0.25, 0.3) is 0 Å². The Morgan fingerprint density at radius 1 is 1.36 bits per heavy atom. The van der Waals surface area contributed by atoms with Crippen molar-refractivity contribution in [2.24, 2.45) is 10.8 Å². The van der Waals surface area contributed by atoms with E-state index in [1.807, 2.05) is 30.3 Å². The summed E-state index contributed by atoms with van der Waals surface area (Å²) in [5.41, 5.74) is 9.40. The quantitative estimate of drug-likeness (QED) is 0.343. The van der Waals surface area contributed by atoms with Crippen molar-refractivity contribution in [1.82, 2.24) is 4.98 Å². The zero-order valence-corrected chi connectivity index (χ0v) is 15.0. The molecular formula is C16H11ClN6S2. The number of benzene rings is 2. The van der Waals surface area contributed by atoms with Crippen LogP contribution in [0.25, 0.3) is 10.2 Å². The van der Waals surface area contributed by atoms with Crippen LogP contribution in [0.15, 0.2) is 56.8 Å². The maximum Gasteiger partial charge on any atom is 0.201 e. The molecule has 1 aromatic heterocycles. The van der Waals surface area contributed by atoms with Crippen molar-refractivity contribution >= 4 is 62.2 Å². The molecule has 3 aromatic rings. The summed E-state index contributed by atoms with van der Waals surface area (Å²) < 4.78 is 1.98. The highest BCUT2D eigenvalue weighted by Crippen LogP contribution is 2.38. The van der Waals surface area contributed by atoms with Gasteiger partial charge in [-0.25, -0.2) is 4.98 Å². The number of hydrogen-bond acceptors (Lipinski definition) is 7. The number of nitrogens with two attached hydrogens (primary N) is 1. The molecule has 0 amide bonds. The van der Waals surface area contributed by atoms with E-state index in [9.17, 15) is 0 Å². The lowest BCUT2D eigenvalue weighted by atomic mass is 10.3. The average molecular weight is 387 g/mol. The van der Waals surface area contributed by atoms with Crippen LogP contribution >= 0.6 is 34.7 Å². The van der Waals surface area contributed by atoms with E-state index in [1.54, 1.807) is 29.5 Å². The van der Waals surface area contributed by atoms with Gasteiger partial charge in [0.2, 0.25) is 5.71 Å². The Labute approximate surface area is 156 Å². The van der Waals surface area contributed by atoms with E-state index in [1.165, 1.54) is 11.8 Å². The number of hydrogen-bond donors (Lipinski definition) is 3. The molecule has 9 heteroatoms. The summed E-state index contributed by atoms with van der Waals surface area (Å²) in [6, 6.07) is 15.0. The van der Waals surface area contributed by atoms with Crippen molar-refractivity contribution in [3.63, 3.8) is 0 Å². The minimum Gasteiger partial charge on any atom is -0.382 e. The van der Waals surface area contributed by atoms with Crippen molar-refractivity contribution in [2.45, 2.75) is 9.24 Å². The predicted molar refractivity (Wildman–Crippen MR) is 104 cm³/mol. The summed E-state index contributed by atoms with van der Waals surface area (Å²) in [5.74, 6) is -0.405. The fourth-order valence-electron chi connectivity index (χ4n) is 1.93. The first-order valence-electron chi connectivity index (χ1n) is 6.98. The topological polar surface area (TPSA) is 111 Å². The highest BCUT2D eigenvalue weighted by atomic mass is 35.5. The molecule has 0 unspecified atom stereocenters. The molecular weight excluding hydrogens is 376 g/mol. The van der Waals surface area contributed by atoms with Gasteiger partial charge in [0.15, 0.2) is 10.2 Å². The summed E-state index contributed by atoms with van der Waals surface area (Å²) in [5, 5.41) is 20.6. The maximum absolute atomic E-state index is 8.93. The minimum atomic E-state index is -0.405. The maximum atomic E-state index is 8.93. The van der Waals surface area contributed by atoms with E-state index in [2.05, 4.69) is 15.5 Å². The molecule has 0 saturated carbocycles. The van der Waals surface area contributed by atoms with E-state index in [4.69, 9.17) is 28.0 Å². The second-order valence-corrected chi connectivity index (χ2v) is 7.54. The van der Waals surface area contributed by atoms with Gasteiger partial charge < -0.3 is 5.73 Å². The lowest BCUT2D eigenvalue weighted by molar-refractivity contribution is 1.26. The molecule has 4 N–H and O–H groups in total. The molecule has 0 radical (unpaired) electrons. The van der Waals surface area contributed by atoms with Crippen LogP contribution < -0.4 is 11.2 Å². The second-order valence-electron chi connectivity index (χ2n) is 4.79. The third kappa shape index (κ3) is 4.09. The molecule has 1 heterocycles. The third-order valence-electron chi connectivity index (χ3n) is 3.06. The van der Waals surface area contributed by atoms with Crippen molar-refractivity contribution in [1.29, 1.82) is 10.7 Å². The lowest BCUT2D eigenvalue weighted by Crippen LogP contribution is -2.21. The standard InChI is InChI=1S/C16H11ClN6S2/c17-9-5-6-14(11(7-9)22-23-12(8-18)15(19)20)25-16-21-10-3-1-2-4-13(10)24-16/h1-7,22H,(H3,19,20)/b23-12+. The molecule has 0 spiro atoms. The molecule has 0 aliphatic carbocycles. The van der Waals surface area contributed by atoms with Gasteiger partial charge in [-0.15, -0.1) is 11.3 Å². The first-order valence-corrected chi connectivity index (χ1v) is 8.99. The summed E-state index contributed by atoms with van der Waals surface area (Å²) in [4.78, 5) is 5.43. The van der Waals surface area contributed by atoms with Crippen molar-refractivity contribution in [2.75, 3.05) is 5.43 Å². The Morgan fingerprint density at radius 3 is 2.88 bits per heavy atom. The molecule has 124 valence electrons. The number of nitriles is 1. The van der Waals surface area contributed by atoms with Gasteiger partial charge in [0.1, 0.15) is 6.07 Å². The van der Waals surface area contributed by atoms with Gasteiger partial charge in [-0.3, -0.25) is 10.8 Å². The van der Waals surface area contributed by atoms with E-state index in [0.29, 0.717) is 10.7 Å². The fourth-order valence-corrected chi connectivity index (χ4v) is 4.19. The van der Waals surface area contributed by atoms with E-state index in [-0.39, 0.29) is 5.71 Å². The fraction of sp³-hybridized carbons (Fsp3) is 0. The Morgan fingerprint density at radius 2 is 2.16 bits per heavy atom. The Hall–Kier alpha value is -2.60. The van der Waals surface area contributed by atoms with E-state index in [0.717, 1.165) is 19.5 Å². The van der Waals surface area contributed by atoms with Crippen LogP contribution in [0, 0.1) is 16.7 Å². The van der Waals surface area contributed by atoms with Crippen LogP contribution in [0.4, 0.5) is 5.69 Å².